The van der Waals surface area contributed by atoms with Crippen LogP contribution in [0.4, 0.5) is 21.0 Å². The Hall–Kier alpha value is -5.12. The summed E-state index contributed by atoms with van der Waals surface area (Å²) >= 11 is 0. The number of para-hydroxylation sites is 1. The van der Waals surface area contributed by atoms with Crippen LogP contribution in [0.25, 0.3) is 28.0 Å². The number of nitrogens with one attached hydrogen (secondary N) is 1. The summed E-state index contributed by atoms with van der Waals surface area (Å²) in [7, 11) is 1.72. The minimum Gasteiger partial charge on any atom is -0.444 e. The van der Waals surface area contributed by atoms with Crippen LogP contribution < -0.4 is 10.2 Å². The van der Waals surface area contributed by atoms with E-state index in [-0.39, 0.29) is 12.1 Å². The predicted molar refractivity (Wildman–Crippen MR) is 181 cm³/mol. The molecule has 0 aliphatic carbocycles. The molecule has 46 heavy (non-hydrogen) atoms. The van der Waals surface area contributed by atoms with Crippen molar-refractivity contribution in [1.29, 1.82) is 0 Å². The molecule has 1 N–H and O–H groups in total. The van der Waals surface area contributed by atoms with Crippen LogP contribution >= 0.6 is 0 Å². The number of piperidine rings is 1. The molecular weight excluding hydrogens is 578 g/mol. The molecule has 0 radical (unpaired) electrons. The van der Waals surface area contributed by atoms with E-state index in [0.717, 1.165) is 66.9 Å². The number of benzene rings is 2. The van der Waals surface area contributed by atoms with Crippen molar-refractivity contribution in [2.45, 2.75) is 52.2 Å². The van der Waals surface area contributed by atoms with Crippen LogP contribution in [0.1, 0.15) is 40.0 Å². The Balaban J connectivity index is 1.14. The van der Waals surface area contributed by atoms with E-state index in [1.807, 2.05) is 68.3 Å². The number of imidazole rings is 1. The first-order chi connectivity index (χ1) is 22.2. The molecule has 10 heteroatoms. The quantitative estimate of drug-likeness (QED) is 0.202. The van der Waals surface area contributed by atoms with Crippen LogP contribution in [0.3, 0.4) is 0 Å². The van der Waals surface area contributed by atoms with Crippen molar-refractivity contribution in [3.8, 4) is 17.1 Å². The Kier molecular flexibility index (Phi) is 8.78. The molecule has 3 aromatic heterocycles. The number of amides is 3. The lowest BCUT2D eigenvalue weighted by Crippen LogP contribution is -2.41. The molecule has 0 bridgehead atoms. The molecule has 6 rings (SSSR count). The molecule has 2 aromatic carbocycles. The van der Waals surface area contributed by atoms with Gasteiger partial charge in [-0.05, 0) is 88.4 Å². The second-order valence-electron chi connectivity index (χ2n) is 12.8. The molecule has 0 saturated carbocycles. The van der Waals surface area contributed by atoms with Gasteiger partial charge in [-0.2, -0.15) is 0 Å². The average Bonchev–Trinajstić information content (AvgIpc) is 3.68. The van der Waals surface area contributed by atoms with E-state index in [1.165, 1.54) is 4.90 Å². The Bertz CT molecular complexity index is 1800. The van der Waals surface area contributed by atoms with Gasteiger partial charge in [-0.15, -0.1) is 0 Å². The summed E-state index contributed by atoms with van der Waals surface area (Å²) in [5.41, 5.74) is 4.06. The standard InChI is InChI=1S/C36H41N7O3/c1-36(2,3)46-35(45)42-21-16-26(17-22-42)15-20-41-23-19-38-33(41)31-25-43(32-10-6-5-9-30(31)32)28-13-11-27(12-14-28)39-34(44)40(4)29-8-7-18-37-24-29/h5-14,18-19,23-26H,15-17,20-22H2,1-4H3,(H,39,44). The lowest BCUT2D eigenvalue weighted by molar-refractivity contribution is 0.0180. The molecule has 0 atom stereocenters. The Morgan fingerprint density at radius 2 is 1.76 bits per heavy atom. The molecule has 5 aromatic rings. The molecule has 3 amide bonds. The van der Waals surface area contributed by atoms with E-state index in [4.69, 9.17) is 9.72 Å². The highest BCUT2D eigenvalue weighted by Crippen LogP contribution is 2.33. The number of rotatable bonds is 7. The fourth-order valence-electron chi connectivity index (χ4n) is 5.94. The second kappa shape index (κ2) is 13.1. The third-order valence-electron chi connectivity index (χ3n) is 8.45. The van der Waals surface area contributed by atoms with Gasteiger partial charge in [0.15, 0.2) is 0 Å². The normalized spacial score (nSPS) is 14.0. The number of pyridine rings is 1. The van der Waals surface area contributed by atoms with Crippen LogP contribution in [0.15, 0.2) is 91.6 Å². The maximum Gasteiger partial charge on any atom is 0.410 e. The maximum absolute atomic E-state index is 12.8. The van der Waals surface area contributed by atoms with Crippen molar-refractivity contribution in [1.82, 2.24) is 24.0 Å². The SMILES string of the molecule is CN(C(=O)Nc1ccc(-n2cc(-c3nccn3CCC3CCN(C(=O)OC(C)(C)C)CC3)c3ccccc32)cc1)c1cccnc1. The van der Waals surface area contributed by atoms with E-state index in [1.54, 1.807) is 25.5 Å². The van der Waals surface area contributed by atoms with Gasteiger partial charge < -0.3 is 24.1 Å². The minimum absolute atomic E-state index is 0.216. The van der Waals surface area contributed by atoms with E-state index < -0.39 is 5.60 Å². The van der Waals surface area contributed by atoms with E-state index in [0.29, 0.717) is 17.3 Å². The van der Waals surface area contributed by atoms with Crippen LogP contribution in [-0.4, -0.2) is 61.9 Å². The van der Waals surface area contributed by atoms with Gasteiger partial charge in [-0.25, -0.2) is 14.6 Å². The summed E-state index contributed by atoms with van der Waals surface area (Å²) in [6.07, 6.45) is 12.1. The van der Waals surface area contributed by atoms with Crippen molar-refractivity contribution in [2.24, 2.45) is 5.92 Å². The lowest BCUT2D eigenvalue weighted by atomic mass is 9.93. The Labute approximate surface area is 269 Å². The zero-order valence-electron chi connectivity index (χ0n) is 26.9. The molecule has 10 nitrogen and oxygen atoms in total. The van der Waals surface area contributed by atoms with E-state index >= 15 is 0 Å². The number of carbonyl (C=O) groups is 2. The molecule has 1 aliphatic heterocycles. The predicted octanol–water partition coefficient (Wildman–Crippen LogP) is 7.59. The Morgan fingerprint density at radius 3 is 2.48 bits per heavy atom. The summed E-state index contributed by atoms with van der Waals surface area (Å²) in [5.74, 6) is 1.47. The molecule has 0 spiro atoms. The first kappa shape index (κ1) is 30.9. The largest absolute Gasteiger partial charge is 0.444 e. The molecule has 1 aliphatic rings. The number of ether oxygens (including phenoxy) is 1. The van der Waals surface area contributed by atoms with Gasteiger partial charge >= 0.3 is 12.1 Å². The first-order valence-electron chi connectivity index (χ1n) is 15.8. The molecule has 1 fully saturated rings. The van der Waals surface area contributed by atoms with Crippen LogP contribution in [0.5, 0.6) is 0 Å². The Morgan fingerprint density at radius 1 is 1.00 bits per heavy atom. The number of carbonyl (C=O) groups excluding carboxylic acids is 2. The number of hydrogen-bond acceptors (Lipinski definition) is 5. The molecule has 1 saturated heterocycles. The van der Waals surface area contributed by atoms with Crippen molar-refractivity contribution in [2.75, 3.05) is 30.4 Å². The van der Waals surface area contributed by atoms with Crippen molar-refractivity contribution in [3.05, 3.63) is 91.6 Å². The zero-order valence-corrected chi connectivity index (χ0v) is 26.9. The number of likely N-dealkylation sites (tertiary alicyclic amines) is 1. The van der Waals surface area contributed by atoms with Crippen LogP contribution in [0, 0.1) is 5.92 Å². The van der Waals surface area contributed by atoms with Crippen LogP contribution in [-0.2, 0) is 11.3 Å². The minimum atomic E-state index is -0.478. The topological polar surface area (TPSA) is 97.5 Å². The highest BCUT2D eigenvalue weighted by molar-refractivity contribution is 6.01. The smallest absolute Gasteiger partial charge is 0.410 e. The fraction of sp³-hybridized carbons (Fsp3) is 0.333. The van der Waals surface area contributed by atoms with Crippen molar-refractivity contribution in [3.63, 3.8) is 0 Å². The number of aromatic nitrogens is 4. The number of fused-ring (bicyclic) bond motifs is 1. The van der Waals surface area contributed by atoms with E-state index in [2.05, 4.69) is 50.0 Å². The van der Waals surface area contributed by atoms with Gasteiger partial charge in [0, 0.05) is 73.8 Å². The fourth-order valence-corrected chi connectivity index (χ4v) is 5.94. The number of nitrogens with zero attached hydrogens (tertiary/aromatic N) is 6. The molecule has 238 valence electrons. The van der Waals surface area contributed by atoms with E-state index in [9.17, 15) is 9.59 Å². The van der Waals surface area contributed by atoms with Gasteiger partial charge in [0.05, 0.1) is 17.4 Å². The summed E-state index contributed by atoms with van der Waals surface area (Å²) in [6, 6.07) is 19.6. The molecule has 0 unspecified atom stereocenters. The highest BCUT2D eigenvalue weighted by atomic mass is 16.6. The highest BCUT2D eigenvalue weighted by Gasteiger charge is 2.27. The summed E-state index contributed by atoms with van der Waals surface area (Å²) < 4.78 is 9.97. The zero-order chi connectivity index (χ0) is 32.3. The third-order valence-corrected chi connectivity index (χ3v) is 8.45. The number of urea groups is 1. The maximum atomic E-state index is 12.8. The van der Waals surface area contributed by atoms with Crippen LogP contribution in [0.2, 0.25) is 0 Å². The molecule has 4 heterocycles. The van der Waals surface area contributed by atoms with Gasteiger partial charge in [0.2, 0.25) is 0 Å². The number of anilines is 2. The van der Waals surface area contributed by atoms with Gasteiger partial charge in [-0.3, -0.25) is 9.88 Å². The van der Waals surface area contributed by atoms with Gasteiger partial charge in [-0.1, -0.05) is 18.2 Å². The number of aryl methyl sites for hydroxylation is 1. The average molecular weight is 620 g/mol. The van der Waals surface area contributed by atoms with Crippen molar-refractivity contribution < 1.29 is 14.3 Å². The summed E-state index contributed by atoms with van der Waals surface area (Å²) in [5, 5.41) is 4.08. The number of hydrogen-bond donors (Lipinski definition) is 1. The van der Waals surface area contributed by atoms with Crippen molar-refractivity contribution >= 4 is 34.4 Å². The van der Waals surface area contributed by atoms with Gasteiger partial charge in [0.1, 0.15) is 11.4 Å². The monoisotopic (exact) mass is 619 g/mol. The summed E-state index contributed by atoms with van der Waals surface area (Å²) in [4.78, 5) is 37.5. The lowest BCUT2D eigenvalue weighted by Gasteiger charge is -2.33. The molecular formula is C36H41N7O3. The first-order valence-corrected chi connectivity index (χ1v) is 15.8. The second-order valence-corrected chi connectivity index (χ2v) is 12.8. The van der Waals surface area contributed by atoms with Gasteiger partial charge in [0.25, 0.3) is 0 Å². The third kappa shape index (κ3) is 6.91. The summed E-state index contributed by atoms with van der Waals surface area (Å²) in [6.45, 7) is 8.02.